The fraction of sp³-hybridized carbons (Fsp3) is 0.643. The molecular weight excluding hydrogens is 338 g/mol. The number of aliphatic hydroxyl groups excluding tert-OH is 3. The Morgan fingerprint density at radius 3 is 2.76 bits per heavy atom. The molecule has 1 aliphatic rings. The third kappa shape index (κ3) is 4.32. The van der Waals surface area contributed by atoms with Crippen molar-refractivity contribution in [2.75, 3.05) is 18.7 Å². The van der Waals surface area contributed by atoms with Gasteiger partial charge in [-0.3, -0.25) is 4.57 Å². The van der Waals surface area contributed by atoms with Gasteiger partial charge in [0.2, 0.25) is 0 Å². The van der Waals surface area contributed by atoms with Crippen LogP contribution in [-0.4, -0.2) is 68.5 Å². The summed E-state index contributed by atoms with van der Waals surface area (Å²) in [5.74, 6) is -0.721. The Hall–Kier alpha value is -2.05. The lowest BCUT2D eigenvalue weighted by molar-refractivity contribution is -0.152. The minimum atomic E-state index is -1.40. The second-order valence-corrected chi connectivity index (χ2v) is 5.35. The number of anilines is 1. The van der Waals surface area contributed by atoms with Crippen LogP contribution in [0.1, 0.15) is 20.1 Å². The van der Waals surface area contributed by atoms with Crippen LogP contribution in [0.25, 0.3) is 0 Å². The van der Waals surface area contributed by atoms with Gasteiger partial charge in [-0.05, 0) is 13.8 Å². The van der Waals surface area contributed by atoms with E-state index < -0.39 is 48.9 Å². The van der Waals surface area contributed by atoms with Crippen LogP contribution in [0, 0.1) is 0 Å². The van der Waals surface area contributed by atoms with E-state index in [0.717, 1.165) is 4.57 Å². The van der Waals surface area contributed by atoms with E-state index in [0.29, 0.717) is 6.61 Å². The number of nitrogens with one attached hydrogen (secondary N) is 1. The van der Waals surface area contributed by atoms with Gasteiger partial charge in [-0.25, -0.2) is 15.1 Å². The van der Waals surface area contributed by atoms with Crippen LogP contribution in [0.2, 0.25) is 0 Å². The van der Waals surface area contributed by atoms with E-state index in [1.807, 2.05) is 0 Å². The summed E-state index contributed by atoms with van der Waals surface area (Å²) in [5.41, 5.74) is 1.42. The molecule has 0 saturated carbocycles. The first-order chi connectivity index (χ1) is 11.9. The molecule has 1 aromatic heterocycles. The molecule has 1 aliphatic heterocycles. The summed E-state index contributed by atoms with van der Waals surface area (Å²) in [6.07, 6.45) is -4.47. The van der Waals surface area contributed by atoms with Crippen molar-refractivity contribution in [3.05, 3.63) is 22.7 Å². The Balaban J connectivity index is 2.04. The van der Waals surface area contributed by atoms with Crippen LogP contribution >= 0.6 is 0 Å². The highest BCUT2D eigenvalue weighted by atomic mass is 16.7. The molecule has 11 nitrogen and oxygen atoms in total. The Bertz CT molecular complexity index is 651. The Morgan fingerprint density at radius 1 is 1.48 bits per heavy atom. The highest BCUT2D eigenvalue weighted by molar-refractivity contribution is 5.74. The summed E-state index contributed by atoms with van der Waals surface area (Å²) in [5, 5.41) is 28.7. The van der Waals surface area contributed by atoms with E-state index in [-0.39, 0.29) is 5.82 Å². The maximum atomic E-state index is 12.1. The van der Waals surface area contributed by atoms with Gasteiger partial charge in [-0.15, -0.1) is 0 Å². The van der Waals surface area contributed by atoms with Crippen molar-refractivity contribution >= 4 is 11.8 Å². The van der Waals surface area contributed by atoms with Crippen molar-refractivity contribution in [2.45, 2.75) is 44.5 Å². The molecule has 2 rings (SSSR count). The van der Waals surface area contributed by atoms with Crippen LogP contribution in [0.5, 0.6) is 0 Å². The lowest BCUT2D eigenvalue weighted by Crippen LogP contribution is -2.36. The predicted octanol–water partition coefficient (Wildman–Crippen LogP) is -1.85. The van der Waals surface area contributed by atoms with Crippen LogP contribution in [0.4, 0.5) is 5.82 Å². The van der Waals surface area contributed by atoms with Gasteiger partial charge in [0.05, 0.1) is 6.61 Å². The smallest absolute Gasteiger partial charge is 0.360 e. The zero-order valence-electron chi connectivity index (χ0n) is 13.7. The number of aliphatic hydroxyl groups is 3. The number of nitrogens with zero attached hydrogens (tertiary/aromatic N) is 2. The standard InChI is InChI=1S/C14H21N3O8/c1-3-23-7(2)13(21)25-16-9-4-5-17(14(22)15-9)12-11(20)10(19)8(6-18)24-12/h4-5,7-8,10-12,18-20H,3,6H2,1-2H3,(H,15,16,22)/t7-,8+,10+,11+,12+/m0/s1. The maximum absolute atomic E-state index is 12.1. The molecule has 25 heavy (non-hydrogen) atoms. The van der Waals surface area contributed by atoms with Crippen molar-refractivity contribution in [3.63, 3.8) is 0 Å². The lowest BCUT2D eigenvalue weighted by atomic mass is 10.1. The first kappa shape index (κ1) is 19.3. The minimum Gasteiger partial charge on any atom is -0.394 e. The largest absolute Gasteiger partial charge is 0.394 e. The molecule has 0 spiro atoms. The molecule has 1 fully saturated rings. The molecule has 2 heterocycles. The van der Waals surface area contributed by atoms with Gasteiger partial charge in [0.1, 0.15) is 18.3 Å². The normalized spacial score (nSPS) is 27.1. The number of hydrogen-bond donors (Lipinski definition) is 4. The molecule has 0 unspecified atom stereocenters. The van der Waals surface area contributed by atoms with Crippen molar-refractivity contribution in [1.82, 2.24) is 9.55 Å². The number of carbonyl (C=O) groups excluding carboxylic acids is 1. The second-order valence-electron chi connectivity index (χ2n) is 5.35. The molecule has 1 aromatic rings. The summed E-state index contributed by atoms with van der Waals surface area (Å²) < 4.78 is 11.3. The zero-order valence-corrected chi connectivity index (χ0v) is 13.7. The van der Waals surface area contributed by atoms with E-state index >= 15 is 0 Å². The van der Waals surface area contributed by atoms with Gasteiger partial charge in [0.25, 0.3) is 0 Å². The zero-order chi connectivity index (χ0) is 18.6. The topological polar surface area (TPSA) is 152 Å². The molecule has 11 heteroatoms. The molecule has 0 aromatic carbocycles. The summed E-state index contributed by atoms with van der Waals surface area (Å²) in [4.78, 5) is 32.1. The quantitative estimate of drug-likeness (QED) is 0.408. The summed E-state index contributed by atoms with van der Waals surface area (Å²) >= 11 is 0. The van der Waals surface area contributed by atoms with Gasteiger partial charge in [0.15, 0.2) is 18.1 Å². The molecule has 0 radical (unpaired) electrons. The van der Waals surface area contributed by atoms with Crippen LogP contribution < -0.4 is 11.2 Å². The van der Waals surface area contributed by atoms with E-state index in [1.54, 1.807) is 6.92 Å². The average molecular weight is 359 g/mol. The Kier molecular flexibility index (Phi) is 6.45. The van der Waals surface area contributed by atoms with E-state index in [9.17, 15) is 19.8 Å². The number of hydrogen-bond acceptors (Lipinski definition) is 10. The fourth-order valence-corrected chi connectivity index (χ4v) is 2.28. The Morgan fingerprint density at radius 2 is 2.20 bits per heavy atom. The van der Waals surface area contributed by atoms with Crippen molar-refractivity contribution in [1.29, 1.82) is 0 Å². The first-order valence-corrected chi connectivity index (χ1v) is 7.69. The highest BCUT2D eigenvalue weighted by Crippen LogP contribution is 2.28. The number of ether oxygens (including phenoxy) is 2. The van der Waals surface area contributed by atoms with Crippen LogP contribution in [0.3, 0.4) is 0 Å². The second kappa shape index (κ2) is 8.36. The van der Waals surface area contributed by atoms with Crippen molar-refractivity contribution < 1.29 is 34.4 Å². The summed E-state index contributed by atoms with van der Waals surface area (Å²) in [6, 6.07) is 1.31. The number of carbonyl (C=O) groups is 1. The van der Waals surface area contributed by atoms with E-state index in [1.165, 1.54) is 19.2 Å². The molecule has 140 valence electrons. The van der Waals surface area contributed by atoms with Crippen molar-refractivity contribution in [3.8, 4) is 0 Å². The maximum Gasteiger partial charge on any atom is 0.360 e. The number of rotatable bonds is 7. The minimum absolute atomic E-state index is 0.0370. The van der Waals surface area contributed by atoms with E-state index in [2.05, 4.69) is 10.5 Å². The Labute approximate surface area is 142 Å². The SMILES string of the molecule is CCO[C@@H](C)C(=O)ONc1ccn([C@@H]2O[C@H](CO)[C@@H](O)[C@H]2O)c(=O)n1. The molecule has 0 bridgehead atoms. The first-order valence-electron chi connectivity index (χ1n) is 7.69. The molecule has 0 aliphatic carbocycles. The molecule has 1 saturated heterocycles. The number of aromatic nitrogens is 2. The van der Waals surface area contributed by atoms with Gasteiger partial charge in [-0.2, -0.15) is 4.98 Å². The fourth-order valence-electron chi connectivity index (χ4n) is 2.28. The van der Waals surface area contributed by atoms with Crippen LogP contribution in [0.15, 0.2) is 17.1 Å². The van der Waals surface area contributed by atoms with Gasteiger partial charge >= 0.3 is 11.7 Å². The lowest BCUT2D eigenvalue weighted by Gasteiger charge is -2.17. The third-order valence-corrected chi connectivity index (χ3v) is 3.63. The predicted molar refractivity (Wildman–Crippen MR) is 82.3 cm³/mol. The monoisotopic (exact) mass is 359 g/mol. The summed E-state index contributed by atoms with van der Waals surface area (Å²) in [6.45, 7) is 3.08. The summed E-state index contributed by atoms with van der Waals surface area (Å²) in [7, 11) is 0. The van der Waals surface area contributed by atoms with Gasteiger partial charge in [0, 0.05) is 18.9 Å². The van der Waals surface area contributed by atoms with Crippen LogP contribution in [-0.2, 0) is 19.1 Å². The molecule has 5 atom stereocenters. The highest BCUT2D eigenvalue weighted by Gasteiger charge is 2.43. The third-order valence-electron chi connectivity index (χ3n) is 3.63. The van der Waals surface area contributed by atoms with E-state index in [4.69, 9.17) is 19.4 Å². The average Bonchev–Trinajstić information content (AvgIpc) is 2.88. The molecule has 4 N–H and O–H groups in total. The van der Waals surface area contributed by atoms with Gasteiger partial charge in [-0.1, -0.05) is 0 Å². The molecule has 0 amide bonds. The van der Waals surface area contributed by atoms with Crippen molar-refractivity contribution in [2.24, 2.45) is 0 Å². The molecular formula is C14H21N3O8. The van der Waals surface area contributed by atoms with Gasteiger partial charge < -0.3 is 29.6 Å².